The van der Waals surface area contributed by atoms with Gasteiger partial charge in [-0.25, -0.2) is 0 Å². The highest BCUT2D eigenvalue weighted by atomic mass is 16.4. The summed E-state index contributed by atoms with van der Waals surface area (Å²) in [6.07, 6.45) is 1.59. The standard InChI is InChI=1S/C19H23N3O3/c1-12(2)22-13(3)15(9-20-22)18(23)21-10-16(17(11-21)19(24)25)14-7-5-4-6-8-14/h4-9,12,16-17H,10-11H2,1-3H3,(H,24,25)/t16-,17-/m0/s1. The van der Waals surface area contributed by atoms with E-state index in [1.165, 1.54) is 0 Å². The average molecular weight is 341 g/mol. The number of carboxylic acid groups (broad SMARTS) is 1. The van der Waals surface area contributed by atoms with E-state index in [-0.39, 0.29) is 24.4 Å². The summed E-state index contributed by atoms with van der Waals surface area (Å²) in [5, 5.41) is 13.9. The molecule has 1 fully saturated rings. The van der Waals surface area contributed by atoms with Crippen LogP contribution >= 0.6 is 0 Å². The minimum absolute atomic E-state index is 0.144. The molecule has 132 valence electrons. The van der Waals surface area contributed by atoms with Gasteiger partial charge in [0.15, 0.2) is 0 Å². The number of aromatic nitrogens is 2. The molecule has 3 rings (SSSR count). The Balaban J connectivity index is 1.86. The number of carbonyl (C=O) groups excluding carboxylic acids is 1. The van der Waals surface area contributed by atoms with Crippen molar-refractivity contribution in [2.45, 2.75) is 32.7 Å². The van der Waals surface area contributed by atoms with Gasteiger partial charge in [0.1, 0.15) is 0 Å². The van der Waals surface area contributed by atoms with Crippen molar-refractivity contribution in [2.75, 3.05) is 13.1 Å². The van der Waals surface area contributed by atoms with Crippen LogP contribution < -0.4 is 0 Å². The van der Waals surface area contributed by atoms with Crippen LogP contribution in [0.2, 0.25) is 0 Å². The number of carboxylic acids is 1. The predicted molar refractivity (Wildman–Crippen MR) is 93.6 cm³/mol. The van der Waals surface area contributed by atoms with Crippen LogP contribution in [0, 0.1) is 12.8 Å². The van der Waals surface area contributed by atoms with E-state index in [0.29, 0.717) is 12.1 Å². The van der Waals surface area contributed by atoms with Crippen molar-refractivity contribution >= 4 is 11.9 Å². The molecule has 6 nitrogen and oxygen atoms in total. The first-order chi connectivity index (χ1) is 11.9. The Kier molecular flexibility index (Phi) is 4.61. The van der Waals surface area contributed by atoms with Crippen LogP contribution in [0.5, 0.6) is 0 Å². The number of likely N-dealkylation sites (tertiary alicyclic amines) is 1. The first kappa shape index (κ1) is 17.2. The molecular weight excluding hydrogens is 318 g/mol. The molecule has 0 saturated carbocycles. The second kappa shape index (κ2) is 6.70. The lowest BCUT2D eigenvalue weighted by Crippen LogP contribution is -2.30. The molecule has 0 bridgehead atoms. The van der Waals surface area contributed by atoms with Crippen LogP contribution in [0.1, 0.15) is 47.4 Å². The summed E-state index contributed by atoms with van der Waals surface area (Å²) in [4.78, 5) is 26.3. The zero-order chi connectivity index (χ0) is 18.1. The van der Waals surface area contributed by atoms with Crippen LogP contribution in [-0.2, 0) is 4.79 Å². The Morgan fingerprint density at radius 3 is 2.44 bits per heavy atom. The maximum absolute atomic E-state index is 12.9. The van der Waals surface area contributed by atoms with Crippen LogP contribution in [-0.4, -0.2) is 44.8 Å². The Morgan fingerprint density at radius 2 is 1.88 bits per heavy atom. The van der Waals surface area contributed by atoms with Gasteiger partial charge in [0, 0.05) is 30.7 Å². The van der Waals surface area contributed by atoms with Crippen LogP contribution in [0.25, 0.3) is 0 Å². The fraction of sp³-hybridized carbons (Fsp3) is 0.421. The Labute approximate surface area is 147 Å². The lowest BCUT2D eigenvalue weighted by atomic mass is 9.89. The maximum atomic E-state index is 12.9. The van der Waals surface area contributed by atoms with Crippen LogP contribution in [0.4, 0.5) is 0 Å². The van der Waals surface area contributed by atoms with Crippen LogP contribution in [0.15, 0.2) is 36.5 Å². The van der Waals surface area contributed by atoms with Crippen molar-refractivity contribution in [2.24, 2.45) is 5.92 Å². The van der Waals surface area contributed by atoms with Crippen molar-refractivity contribution in [3.8, 4) is 0 Å². The first-order valence-corrected chi connectivity index (χ1v) is 8.51. The molecule has 1 aliphatic rings. The number of carbonyl (C=O) groups is 2. The summed E-state index contributed by atoms with van der Waals surface area (Å²) in [5.41, 5.74) is 2.32. The highest BCUT2D eigenvalue weighted by Crippen LogP contribution is 2.34. The van der Waals surface area contributed by atoms with Gasteiger partial charge in [-0.1, -0.05) is 30.3 Å². The monoisotopic (exact) mass is 341 g/mol. The van der Waals surface area contributed by atoms with Gasteiger partial charge in [0.05, 0.1) is 17.7 Å². The quantitative estimate of drug-likeness (QED) is 0.928. The molecule has 1 aromatic heterocycles. The van der Waals surface area contributed by atoms with E-state index in [9.17, 15) is 14.7 Å². The summed E-state index contributed by atoms with van der Waals surface area (Å²) < 4.78 is 1.81. The summed E-state index contributed by atoms with van der Waals surface area (Å²) >= 11 is 0. The lowest BCUT2D eigenvalue weighted by Gasteiger charge is -2.17. The van der Waals surface area contributed by atoms with Gasteiger partial charge in [0.25, 0.3) is 5.91 Å². The van der Waals surface area contributed by atoms with E-state index in [1.54, 1.807) is 11.1 Å². The molecule has 1 aliphatic heterocycles. The molecule has 6 heteroatoms. The molecular formula is C19H23N3O3. The van der Waals surface area contributed by atoms with Gasteiger partial charge < -0.3 is 10.0 Å². The molecule has 0 unspecified atom stereocenters. The Bertz CT molecular complexity index is 782. The third kappa shape index (κ3) is 3.16. The highest BCUT2D eigenvalue weighted by Gasteiger charge is 2.41. The van der Waals surface area contributed by atoms with Crippen molar-refractivity contribution in [3.05, 3.63) is 53.3 Å². The largest absolute Gasteiger partial charge is 0.481 e. The van der Waals surface area contributed by atoms with E-state index in [1.807, 2.05) is 55.8 Å². The minimum Gasteiger partial charge on any atom is -0.481 e. The fourth-order valence-corrected chi connectivity index (χ4v) is 3.58. The molecule has 0 aliphatic carbocycles. The second-order valence-corrected chi connectivity index (χ2v) is 6.85. The Hall–Kier alpha value is -2.63. The zero-order valence-electron chi connectivity index (χ0n) is 14.7. The maximum Gasteiger partial charge on any atom is 0.308 e. The second-order valence-electron chi connectivity index (χ2n) is 6.85. The topological polar surface area (TPSA) is 75.4 Å². The molecule has 1 amide bonds. The minimum atomic E-state index is -0.862. The summed E-state index contributed by atoms with van der Waals surface area (Å²) in [7, 11) is 0. The molecule has 0 spiro atoms. The third-order valence-corrected chi connectivity index (χ3v) is 4.92. The van der Waals surface area contributed by atoms with E-state index < -0.39 is 11.9 Å². The number of hydrogen-bond donors (Lipinski definition) is 1. The van der Waals surface area contributed by atoms with Gasteiger partial charge in [0.2, 0.25) is 0 Å². The molecule has 2 aromatic rings. The average Bonchev–Trinajstić information content (AvgIpc) is 3.19. The van der Waals surface area contributed by atoms with Gasteiger partial charge in [-0.15, -0.1) is 0 Å². The van der Waals surface area contributed by atoms with Crippen molar-refractivity contribution in [3.63, 3.8) is 0 Å². The van der Waals surface area contributed by atoms with E-state index in [4.69, 9.17) is 0 Å². The number of amides is 1. The predicted octanol–water partition coefficient (Wildman–Crippen LogP) is 2.71. The molecule has 1 aromatic carbocycles. The van der Waals surface area contributed by atoms with E-state index in [2.05, 4.69) is 5.10 Å². The molecule has 1 N–H and O–H groups in total. The van der Waals surface area contributed by atoms with Crippen LogP contribution in [0.3, 0.4) is 0 Å². The normalized spacial score (nSPS) is 20.2. The Morgan fingerprint density at radius 1 is 1.20 bits per heavy atom. The summed E-state index contributed by atoms with van der Waals surface area (Å²) in [6.45, 7) is 6.53. The van der Waals surface area contributed by atoms with Gasteiger partial charge >= 0.3 is 5.97 Å². The smallest absolute Gasteiger partial charge is 0.308 e. The third-order valence-electron chi connectivity index (χ3n) is 4.92. The SMILES string of the molecule is Cc1c(C(=O)N2C[C@H](C(=O)O)[C@H](c3ccccc3)C2)cnn1C(C)C. The van der Waals surface area contributed by atoms with Crippen molar-refractivity contribution in [1.82, 2.24) is 14.7 Å². The highest BCUT2D eigenvalue weighted by molar-refractivity contribution is 5.95. The fourth-order valence-electron chi connectivity index (χ4n) is 3.58. The van der Waals surface area contributed by atoms with Gasteiger partial charge in [-0.05, 0) is 26.3 Å². The molecule has 25 heavy (non-hydrogen) atoms. The number of benzene rings is 1. The lowest BCUT2D eigenvalue weighted by molar-refractivity contribution is -0.141. The zero-order valence-corrected chi connectivity index (χ0v) is 14.7. The van der Waals surface area contributed by atoms with Crippen molar-refractivity contribution in [1.29, 1.82) is 0 Å². The van der Waals surface area contributed by atoms with E-state index >= 15 is 0 Å². The van der Waals surface area contributed by atoms with E-state index in [0.717, 1.165) is 11.3 Å². The molecule has 2 atom stereocenters. The summed E-state index contributed by atoms with van der Waals surface area (Å²) in [5.74, 6) is -1.79. The summed E-state index contributed by atoms with van der Waals surface area (Å²) in [6, 6.07) is 9.73. The number of rotatable bonds is 4. The number of hydrogen-bond acceptors (Lipinski definition) is 3. The first-order valence-electron chi connectivity index (χ1n) is 8.51. The number of aliphatic carboxylic acids is 1. The van der Waals surface area contributed by atoms with Gasteiger partial charge in [-0.3, -0.25) is 14.3 Å². The molecule has 0 radical (unpaired) electrons. The molecule has 2 heterocycles. The van der Waals surface area contributed by atoms with Gasteiger partial charge in [-0.2, -0.15) is 5.10 Å². The number of nitrogens with zero attached hydrogens (tertiary/aromatic N) is 3. The molecule has 1 saturated heterocycles. The van der Waals surface area contributed by atoms with Crippen molar-refractivity contribution < 1.29 is 14.7 Å².